The second kappa shape index (κ2) is 8.12. The molecule has 1 saturated heterocycles. The normalized spacial score (nSPS) is 43.9. The summed E-state index contributed by atoms with van der Waals surface area (Å²) in [7, 11) is 0. The molecule has 0 aromatic rings. The number of ether oxygens (including phenoxy) is 3. The van der Waals surface area contributed by atoms with Gasteiger partial charge in [-0.05, 0) is 50.4 Å². The lowest BCUT2D eigenvalue weighted by Gasteiger charge is -2.37. The van der Waals surface area contributed by atoms with E-state index in [1.165, 1.54) is 51.4 Å². The Labute approximate surface area is 136 Å². The van der Waals surface area contributed by atoms with E-state index >= 15 is 0 Å². The second-order valence-corrected chi connectivity index (χ2v) is 8.14. The lowest BCUT2D eigenvalue weighted by molar-refractivity contribution is -0.236. The Morgan fingerprint density at radius 3 is 1.91 bits per heavy atom. The quantitative estimate of drug-likeness (QED) is 0.770. The van der Waals surface area contributed by atoms with Crippen LogP contribution in [-0.2, 0) is 14.2 Å². The zero-order valence-corrected chi connectivity index (χ0v) is 14.5. The van der Waals surface area contributed by atoms with E-state index < -0.39 is 0 Å². The molecule has 2 saturated carbocycles. The molecule has 2 aliphatic carbocycles. The minimum atomic E-state index is 0.0549. The highest BCUT2D eigenvalue weighted by Crippen LogP contribution is 2.33. The molecule has 0 radical (unpaired) electrons. The molecule has 0 atom stereocenters. The van der Waals surface area contributed by atoms with E-state index in [4.69, 9.17) is 14.2 Å². The van der Waals surface area contributed by atoms with E-state index in [9.17, 15) is 0 Å². The van der Waals surface area contributed by atoms with Crippen molar-refractivity contribution in [3.63, 3.8) is 0 Å². The smallest absolute Gasteiger partial charge is 0.160 e. The van der Waals surface area contributed by atoms with Crippen LogP contribution in [-0.4, -0.2) is 32.2 Å². The van der Waals surface area contributed by atoms with Crippen molar-refractivity contribution in [3.05, 3.63) is 0 Å². The maximum Gasteiger partial charge on any atom is 0.160 e. The highest BCUT2D eigenvalue weighted by molar-refractivity contribution is 4.76. The van der Waals surface area contributed by atoms with Crippen LogP contribution in [0.3, 0.4) is 0 Å². The van der Waals surface area contributed by atoms with Crippen LogP contribution in [0.4, 0.5) is 0 Å². The first-order chi connectivity index (χ1) is 10.7. The van der Waals surface area contributed by atoms with E-state index in [1.54, 1.807) is 0 Å². The van der Waals surface area contributed by atoms with E-state index in [2.05, 4.69) is 13.8 Å². The zero-order valence-electron chi connectivity index (χ0n) is 14.5. The largest absolute Gasteiger partial charge is 0.378 e. The van der Waals surface area contributed by atoms with E-state index in [1.807, 2.05) is 0 Å². The molecule has 22 heavy (non-hydrogen) atoms. The van der Waals surface area contributed by atoms with Gasteiger partial charge in [-0.2, -0.15) is 0 Å². The first kappa shape index (κ1) is 16.7. The van der Waals surface area contributed by atoms with Crippen molar-refractivity contribution in [2.24, 2.45) is 23.7 Å². The van der Waals surface area contributed by atoms with Crippen LogP contribution in [0.2, 0.25) is 0 Å². The fraction of sp³-hybridized carbons (Fsp3) is 1.00. The summed E-state index contributed by atoms with van der Waals surface area (Å²) < 4.78 is 18.1. The molecule has 0 aromatic carbocycles. The Morgan fingerprint density at radius 2 is 1.32 bits per heavy atom. The Morgan fingerprint density at radius 1 is 0.773 bits per heavy atom. The van der Waals surface area contributed by atoms with Crippen LogP contribution in [0.5, 0.6) is 0 Å². The predicted octanol–water partition coefficient (Wildman–Crippen LogP) is 4.40. The third kappa shape index (κ3) is 4.69. The summed E-state index contributed by atoms with van der Waals surface area (Å²) in [5.41, 5.74) is 0. The molecule has 0 bridgehead atoms. The van der Waals surface area contributed by atoms with Gasteiger partial charge in [0, 0.05) is 11.8 Å². The van der Waals surface area contributed by atoms with Crippen molar-refractivity contribution in [3.8, 4) is 0 Å². The molecule has 1 heterocycles. The fourth-order valence-electron chi connectivity index (χ4n) is 4.15. The Kier molecular flexibility index (Phi) is 6.17. The van der Waals surface area contributed by atoms with Crippen molar-refractivity contribution in [1.82, 2.24) is 0 Å². The summed E-state index contributed by atoms with van der Waals surface area (Å²) in [5.74, 6) is 2.83. The average Bonchev–Trinajstić information content (AvgIpc) is 2.56. The van der Waals surface area contributed by atoms with Crippen molar-refractivity contribution < 1.29 is 14.2 Å². The summed E-state index contributed by atoms with van der Waals surface area (Å²) in [6.45, 7) is 7.16. The Balaban J connectivity index is 1.32. The third-order valence-corrected chi connectivity index (χ3v) is 5.97. The van der Waals surface area contributed by atoms with Crippen molar-refractivity contribution in [2.45, 2.75) is 77.6 Å². The maximum atomic E-state index is 6.11. The van der Waals surface area contributed by atoms with Crippen molar-refractivity contribution in [2.75, 3.05) is 19.8 Å². The average molecular weight is 310 g/mol. The van der Waals surface area contributed by atoms with Gasteiger partial charge < -0.3 is 14.2 Å². The van der Waals surface area contributed by atoms with Gasteiger partial charge in [0.05, 0.1) is 25.9 Å². The van der Waals surface area contributed by atoms with Crippen LogP contribution in [0.25, 0.3) is 0 Å². The molecule has 0 N–H and O–H groups in total. The minimum absolute atomic E-state index is 0.0549. The molecule has 0 amide bonds. The summed E-state index contributed by atoms with van der Waals surface area (Å²) in [5, 5.41) is 0. The second-order valence-electron chi connectivity index (χ2n) is 8.14. The SMILES string of the molecule is CC1CCC(OCC2COC(C3CCC(C)CC3)OC2)CC1. The van der Waals surface area contributed by atoms with Gasteiger partial charge in [0.1, 0.15) is 0 Å². The molecule has 3 rings (SSSR count). The molecule has 3 aliphatic rings. The minimum Gasteiger partial charge on any atom is -0.378 e. The molecule has 0 unspecified atom stereocenters. The van der Waals surface area contributed by atoms with Crippen LogP contribution >= 0.6 is 0 Å². The van der Waals surface area contributed by atoms with E-state index in [-0.39, 0.29) is 6.29 Å². The predicted molar refractivity (Wildman–Crippen MR) is 87.7 cm³/mol. The first-order valence-electron chi connectivity index (χ1n) is 9.55. The molecule has 3 nitrogen and oxygen atoms in total. The molecular formula is C19H34O3. The highest BCUT2D eigenvalue weighted by atomic mass is 16.7. The fourth-order valence-corrected chi connectivity index (χ4v) is 4.15. The zero-order chi connectivity index (χ0) is 15.4. The Hall–Kier alpha value is -0.120. The standard InChI is InChI=1S/C19H34O3/c1-14-3-7-17(8-4-14)19-21-12-16(13-22-19)11-20-18-9-5-15(2)6-10-18/h14-19H,3-13H2,1-2H3. The number of hydrogen-bond acceptors (Lipinski definition) is 3. The topological polar surface area (TPSA) is 27.7 Å². The first-order valence-corrected chi connectivity index (χ1v) is 9.55. The van der Waals surface area contributed by atoms with Gasteiger partial charge in [0.25, 0.3) is 0 Å². The lowest BCUT2D eigenvalue weighted by Crippen LogP contribution is -2.40. The number of hydrogen-bond donors (Lipinski definition) is 0. The van der Waals surface area contributed by atoms with Crippen LogP contribution in [0.1, 0.15) is 65.2 Å². The molecule has 1 aliphatic heterocycles. The lowest BCUT2D eigenvalue weighted by atomic mass is 9.82. The molecule has 0 spiro atoms. The molecule has 3 heteroatoms. The molecular weight excluding hydrogens is 276 g/mol. The molecule has 0 aromatic heterocycles. The van der Waals surface area contributed by atoms with Gasteiger partial charge in [-0.25, -0.2) is 0 Å². The van der Waals surface area contributed by atoms with Crippen molar-refractivity contribution >= 4 is 0 Å². The van der Waals surface area contributed by atoms with Gasteiger partial charge in [-0.3, -0.25) is 0 Å². The maximum absolute atomic E-state index is 6.11. The summed E-state index contributed by atoms with van der Waals surface area (Å²) in [6.07, 6.45) is 10.9. The Bertz CT molecular complexity index is 309. The van der Waals surface area contributed by atoms with Crippen LogP contribution in [0, 0.1) is 23.7 Å². The molecule has 128 valence electrons. The summed E-state index contributed by atoms with van der Waals surface area (Å²) in [4.78, 5) is 0. The molecule has 3 fully saturated rings. The number of rotatable bonds is 4. The van der Waals surface area contributed by atoms with E-state index in [0.717, 1.165) is 31.7 Å². The van der Waals surface area contributed by atoms with Gasteiger partial charge in [0.15, 0.2) is 6.29 Å². The van der Waals surface area contributed by atoms with Gasteiger partial charge in [-0.15, -0.1) is 0 Å². The summed E-state index contributed by atoms with van der Waals surface area (Å²) in [6, 6.07) is 0. The van der Waals surface area contributed by atoms with Crippen molar-refractivity contribution in [1.29, 1.82) is 0 Å². The van der Waals surface area contributed by atoms with Gasteiger partial charge in [-0.1, -0.05) is 26.7 Å². The van der Waals surface area contributed by atoms with Crippen LogP contribution < -0.4 is 0 Å². The van der Waals surface area contributed by atoms with E-state index in [0.29, 0.717) is 17.9 Å². The summed E-state index contributed by atoms with van der Waals surface area (Å²) >= 11 is 0. The van der Waals surface area contributed by atoms with Gasteiger partial charge in [0.2, 0.25) is 0 Å². The highest BCUT2D eigenvalue weighted by Gasteiger charge is 2.32. The monoisotopic (exact) mass is 310 g/mol. The third-order valence-electron chi connectivity index (χ3n) is 5.97. The van der Waals surface area contributed by atoms with Crippen LogP contribution in [0.15, 0.2) is 0 Å². The van der Waals surface area contributed by atoms with Gasteiger partial charge >= 0.3 is 0 Å².